The number of H-pyrrole nitrogens is 1. The van der Waals surface area contributed by atoms with Gasteiger partial charge in [0.2, 0.25) is 5.91 Å². The third-order valence-electron chi connectivity index (χ3n) is 4.82. The summed E-state index contributed by atoms with van der Waals surface area (Å²) in [5.41, 5.74) is 4.07. The Morgan fingerprint density at radius 1 is 1.52 bits per heavy atom. The molecular formula is C20H27N3O2. The first kappa shape index (κ1) is 17.7. The number of aryl methyl sites for hydroxylation is 1. The average molecular weight is 341 g/mol. The van der Waals surface area contributed by atoms with Crippen molar-refractivity contribution in [2.24, 2.45) is 0 Å². The van der Waals surface area contributed by atoms with Gasteiger partial charge in [-0.25, -0.2) is 4.98 Å². The molecule has 5 heteroatoms. The van der Waals surface area contributed by atoms with Gasteiger partial charge in [0.05, 0.1) is 29.6 Å². The van der Waals surface area contributed by atoms with Gasteiger partial charge in [-0.1, -0.05) is 18.2 Å². The third kappa shape index (κ3) is 3.76. The van der Waals surface area contributed by atoms with Crippen LogP contribution in [0.4, 0.5) is 0 Å². The molecule has 25 heavy (non-hydrogen) atoms. The van der Waals surface area contributed by atoms with Crippen LogP contribution in [-0.4, -0.2) is 40.0 Å². The maximum absolute atomic E-state index is 12.9. The number of aromatic amines is 1. The number of hydrogen-bond donors (Lipinski definition) is 1. The van der Waals surface area contributed by atoms with E-state index in [1.165, 1.54) is 5.56 Å². The number of imidazole rings is 1. The predicted molar refractivity (Wildman–Crippen MR) is 99.4 cm³/mol. The molecule has 1 aliphatic heterocycles. The number of amides is 1. The summed E-state index contributed by atoms with van der Waals surface area (Å²) in [5.74, 6) is 0.996. The minimum absolute atomic E-state index is 0.0209. The Kier molecular flexibility index (Phi) is 5.23. The second-order valence-corrected chi connectivity index (χ2v) is 6.88. The third-order valence-corrected chi connectivity index (χ3v) is 4.82. The molecule has 1 amide bonds. The second kappa shape index (κ2) is 7.40. The van der Waals surface area contributed by atoms with Crippen LogP contribution in [0.3, 0.4) is 0 Å². The highest BCUT2D eigenvalue weighted by molar-refractivity contribution is 5.79. The molecule has 1 fully saturated rings. The molecule has 0 radical (unpaired) electrons. The van der Waals surface area contributed by atoms with E-state index >= 15 is 0 Å². The lowest BCUT2D eigenvalue weighted by atomic mass is 10.1. The van der Waals surface area contributed by atoms with E-state index in [2.05, 4.69) is 30.6 Å². The highest BCUT2D eigenvalue weighted by Crippen LogP contribution is 2.32. The van der Waals surface area contributed by atoms with Gasteiger partial charge in [0.25, 0.3) is 0 Å². The first-order valence-corrected chi connectivity index (χ1v) is 9.02. The molecule has 2 aromatic rings. The minimum Gasteiger partial charge on any atom is -0.374 e. The minimum atomic E-state index is -0.211. The van der Waals surface area contributed by atoms with Gasteiger partial charge in [0, 0.05) is 13.2 Å². The van der Waals surface area contributed by atoms with Gasteiger partial charge in [-0.3, -0.25) is 4.79 Å². The van der Waals surface area contributed by atoms with Crippen LogP contribution in [0.15, 0.2) is 30.4 Å². The Morgan fingerprint density at radius 3 is 3.04 bits per heavy atom. The normalized spacial score (nSPS) is 18.7. The zero-order valence-corrected chi connectivity index (χ0v) is 15.3. The van der Waals surface area contributed by atoms with Crippen LogP contribution in [-0.2, 0) is 9.53 Å². The fourth-order valence-electron chi connectivity index (χ4n) is 3.50. The van der Waals surface area contributed by atoms with Crippen molar-refractivity contribution in [3.05, 3.63) is 41.7 Å². The summed E-state index contributed by atoms with van der Waals surface area (Å²) >= 11 is 0. The maximum atomic E-state index is 12.9. The van der Waals surface area contributed by atoms with Crippen LogP contribution in [0.2, 0.25) is 0 Å². The summed E-state index contributed by atoms with van der Waals surface area (Å²) in [5, 5.41) is 0. The average Bonchev–Trinajstić information content (AvgIpc) is 3.19. The van der Waals surface area contributed by atoms with Crippen LogP contribution < -0.4 is 0 Å². The van der Waals surface area contributed by atoms with E-state index in [-0.39, 0.29) is 18.1 Å². The molecular weight excluding hydrogens is 314 g/mol. The Bertz CT molecular complexity index is 780. The van der Waals surface area contributed by atoms with Gasteiger partial charge >= 0.3 is 0 Å². The van der Waals surface area contributed by atoms with E-state index in [0.29, 0.717) is 13.0 Å². The zero-order valence-electron chi connectivity index (χ0n) is 15.3. The van der Waals surface area contributed by atoms with E-state index in [1.807, 2.05) is 24.8 Å². The second-order valence-electron chi connectivity index (χ2n) is 6.88. The standard InChI is InChI=1S/C20H27N3O2/c1-5-25-18(13(2)3)12-19(24)23-10-6-7-17(23)20-21-15-9-8-14(4)11-16(15)22-20/h8-9,11,17-18H,2,5-7,10,12H2,1,3-4H3,(H,21,22). The number of likely N-dealkylation sites (tertiary alicyclic amines) is 1. The lowest BCUT2D eigenvalue weighted by molar-refractivity contribution is -0.134. The van der Waals surface area contributed by atoms with Crippen molar-refractivity contribution in [2.75, 3.05) is 13.2 Å². The van der Waals surface area contributed by atoms with Crippen LogP contribution in [0.1, 0.15) is 50.5 Å². The molecule has 0 spiro atoms. The van der Waals surface area contributed by atoms with Crippen LogP contribution >= 0.6 is 0 Å². The highest BCUT2D eigenvalue weighted by Gasteiger charge is 2.33. The van der Waals surface area contributed by atoms with Gasteiger partial charge in [0.1, 0.15) is 5.82 Å². The number of benzene rings is 1. The SMILES string of the molecule is C=C(C)C(CC(=O)N1CCCC1c1nc2ccc(C)cc2[nH]1)OCC. The van der Waals surface area contributed by atoms with Crippen molar-refractivity contribution in [1.29, 1.82) is 0 Å². The Labute approximate surface area is 149 Å². The highest BCUT2D eigenvalue weighted by atomic mass is 16.5. The number of carbonyl (C=O) groups excluding carboxylic acids is 1. The molecule has 0 saturated carbocycles. The Morgan fingerprint density at radius 2 is 2.32 bits per heavy atom. The van der Waals surface area contributed by atoms with Gasteiger partial charge in [-0.15, -0.1) is 0 Å². The van der Waals surface area contributed by atoms with Crippen LogP contribution in [0.5, 0.6) is 0 Å². The topological polar surface area (TPSA) is 58.2 Å². The first-order valence-electron chi connectivity index (χ1n) is 9.02. The maximum Gasteiger partial charge on any atom is 0.226 e. The van der Waals surface area contributed by atoms with Crippen molar-refractivity contribution >= 4 is 16.9 Å². The Balaban J connectivity index is 1.79. The lowest BCUT2D eigenvalue weighted by Crippen LogP contribution is -2.34. The summed E-state index contributed by atoms with van der Waals surface area (Å²) in [4.78, 5) is 22.9. The molecule has 5 nitrogen and oxygen atoms in total. The molecule has 0 aliphatic carbocycles. The van der Waals surface area contributed by atoms with Crippen molar-refractivity contribution in [3.8, 4) is 0 Å². The fraction of sp³-hybridized carbons (Fsp3) is 0.500. The smallest absolute Gasteiger partial charge is 0.226 e. The molecule has 3 rings (SSSR count). The van der Waals surface area contributed by atoms with E-state index in [9.17, 15) is 4.79 Å². The van der Waals surface area contributed by atoms with E-state index in [0.717, 1.165) is 41.8 Å². The fourth-order valence-corrected chi connectivity index (χ4v) is 3.50. The molecule has 1 aliphatic rings. The summed E-state index contributed by atoms with van der Waals surface area (Å²) in [7, 11) is 0. The van der Waals surface area contributed by atoms with E-state index in [4.69, 9.17) is 9.72 Å². The first-order chi connectivity index (χ1) is 12.0. The molecule has 1 N–H and O–H groups in total. The monoisotopic (exact) mass is 341 g/mol. The molecule has 134 valence electrons. The quantitative estimate of drug-likeness (QED) is 0.811. The van der Waals surface area contributed by atoms with E-state index in [1.54, 1.807) is 0 Å². The summed E-state index contributed by atoms with van der Waals surface area (Å²) in [6.07, 6.45) is 2.08. The molecule has 1 aromatic heterocycles. The summed E-state index contributed by atoms with van der Waals surface area (Å²) in [6, 6.07) is 6.20. The lowest BCUT2D eigenvalue weighted by Gasteiger charge is -2.26. The van der Waals surface area contributed by atoms with Crippen molar-refractivity contribution < 1.29 is 9.53 Å². The molecule has 2 heterocycles. The van der Waals surface area contributed by atoms with Crippen molar-refractivity contribution in [1.82, 2.24) is 14.9 Å². The van der Waals surface area contributed by atoms with Crippen LogP contribution in [0.25, 0.3) is 11.0 Å². The van der Waals surface area contributed by atoms with Gasteiger partial charge in [0.15, 0.2) is 0 Å². The summed E-state index contributed by atoms with van der Waals surface area (Å²) in [6.45, 7) is 11.2. The van der Waals surface area contributed by atoms with Crippen LogP contribution in [0, 0.1) is 6.92 Å². The predicted octanol–water partition coefficient (Wildman–Crippen LogP) is 3.91. The number of ether oxygens (including phenoxy) is 1. The van der Waals surface area contributed by atoms with Gasteiger partial charge in [-0.2, -0.15) is 0 Å². The number of fused-ring (bicyclic) bond motifs is 1. The molecule has 2 unspecified atom stereocenters. The Hall–Kier alpha value is -2.14. The van der Waals surface area contributed by atoms with E-state index < -0.39 is 0 Å². The number of carbonyl (C=O) groups is 1. The number of nitrogens with one attached hydrogen (secondary N) is 1. The largest absolute Gasteiger partial charge is 0.374 e. The summed E-state index contributed by atoms with van der Waals surface area (Å²) < 4.78 is 5.67. The molecule has 1 saturated heterocycles. The molecule has 2 atom stereocenters. The zero-order chi connectivity index (χ0) is 18.0. The number of hydrogen-bond acceptors (Lipinski definition) is 3. The molecule has 1 aromatic carbocycles. The number of rotatable bonds is 6. The molecule has 0 bridgehead atoms. The van der Waals surface area contributed by atoms with Gasteiger partial charge < -0.3 is 14.6 Å². The number of nitrogens with zero attached hydrogens (tertiary/aromatic N) is 2. The van der Waals surface area contributed by atoms with Crippen molar-refractivity contribution in [2.45, 2.75) is 52.2 Å². The number of aromatic nitrogens is 2. The van der Waals surface area contributed by atoms with Gasteiger partial charge in [-0.05, 0) is 51.3 Å². The van der Waals surface area contributed by atoms with Crippen molar-refractivity contribution in [3.63, 3.8) is 0 Å².